The van der Waals surface area contributed by atoms with Crippen molar-refractivity contribution < 1.29 is 18.3 Å². The molecule has 0 radical (unpaired) electrons. The molecule has 0 bridgehead atoms. The van der Waals surface area contributed by atoms with Gasteiger partial charge in [0.15, 0.2) is 5.13 Å². The van der Waals surface area contributed by atoms with Crippen molar-refractivity contribution >= 4 is 38.5 Å². The fourth-order valence-corrected chi connectivity index (χ4v) is 4.47. The van der Waals surface area contributed by atoms with Crippen LogP contribution in [0, 0.1) is 0 Å². The monoisotopic (exact) mass is 302 g/mol. The first-order valence-corrected chi connectivity index (χ1v) is 8.22. The van der Waals surface area contributed by atoms with E-state index in [2.05, 4.69) is 9.71 Å². The lowest BCUT2D eigenvalue weighted by molar-refractivity contribution is -0.131. The highest BCUT2D eigenvalue weighted by atomic mass is 32.2. The van der Waals surface area contributed by atoms with Crippen LogP contribution in [0.4, 0.5) is 5.13 Å². The van der Waals surface area contributed by atoms with Gasteiger partial charge < -0.3 is 5.11 Å². The second kappa shape index (κ2) is 5.70. The maximum atomic E-state index is 12.0. The minimum Gasteiger partial charge on any atom is -0.478 e. The van der Waals surface area contributed by atoms with E-state index in [0.29, 0.717) is 17.7 Å². The van der Waals surface area contributed by atoms with Crippen molar-refractivity contribution in [1.29, 1.82) is 0 Å². The number of anilines is 1. The number of carboxylic acids is 1. The van der Waals surface area contributed by atoms with Crippen molar-refractivity contribution in [2.75, 3.05) is 4.72 Å². The van der Waals surface area contributed by atoms with Gasteiger partial charge in [-0.05, 0) is 18.9 Å². The number of rotatable bonds is 5. The van der Waals surface area contributed by atoms with Gasteiger partial charge in [0.25, 0.3) is 0 Å². The number of nitrogens with one attached hydrogen (secondary N) is 1. The van der Waals surface area contributed by atoms with E-state index in [1.54, 1.807) is 0 Å². The Labute approximate surface area is 115 Å². The Morgan fingerprint density at radius 2 is 2.16 bits per heavy atom. The summed E-state index contributed by atoms with van der Waals surface area (Å²) in [6, 6.07) is 0. The summed E-state index contributed by atoms with van der Waals surface area (Å²) in [6.07, 6.45) is 7.07. The highest BCUT2D eigenvalue weighted by Gasteiger charge is 2.29. The van der Waals surface area contributed by atoms with Gasteiger partial charge in [-0.15, -0.1) is 0 Å². The molecule has 104 valence electrons. The largest absolute Gasteiger partial charge is 0.478 e. The van der Waals surface area contributed by atoms with Crippen LogP contribution in [0.1, 0.15) is 30.6 Å². The van der Waals surface area contributed by atoms with Gasteiger partial charge in [-0.3, -0.25) is 4.72 Å². The molecule has 2 N–H and O–H groups in total. The number of aliphatic carboxylic acids is 1. The van der Waals surface area contributed by atoms with E-state index in [1.165, 1.54) is 12.3 Å². The van der Waals surface area contributed by atoms with E-state index in [9.17, 15) is 13.2 Å². The first-order chi connectivity index (χ1) is 8.97. The second-order valence-corrected chi connectivity index (χ2v) is 7.32. The quantitative estimate of drug-likeness (QED) is 0.810. The van der Waals surface area contributed by atoms with E-state index in [-0.39, 0.29) is 10.4 Å². The Hall–Kier alpha value is -1.41. The number of carboxylic acid groups (broad SMARTS) is 1. The molecule has 0 amide bonds. The number of hydrogen-bond acceptors (Lipinski definition) is 5. The Morgan fingerprint density at radius 1 is 1.47 bits per heavy atom. The smallest absolute Gasteiger partial charge is 0.328 e. The zero-order chi connectivity index (χ0) is 13.9. The molecule has 1 aliphatic rings. The van der Waals surface area contributed by atoms with Crippen molar-refractivity contribution in [3.63, 3.8) is 0 Å². The van der Waals surface area contributed by atoms with Crippen LogP contribution in [0.3, 0.4) is 0 Å². The predicted octanol–water partition coefficient (Wildman–Crippen LogP) is 1.93. The fourth-order valence-electron chi connectivity index (χ4n) is 1.97. The summed E-state index contributed by atoms with van der Waals surface area (Å²) >= 11 is 1.11. The lowest BCUT2D eigenvalue weighted by Crippen LogP contribution is -2.25. The number of thiazole rings is 1. The van der Waals surface area contributed by atoms with Gasteiger partial charge in [-0.1, -0.05) is 24.2 Å². The number of sulfonamides is 1. The van der Waals surface area contributed by atoms with Crippen LogP contribution in [0.2, 0.25) is 0 Å². The fraction of sp³-hybridized carbons (Fsp3) is 0.455. The molecule has 0 aromatic carbocycles. The molecule has 1 heterocycles. The molecule has 19 heavy (non-hydrogen) atoms. The number of carbonyl (C=O) groups is 1. The molecule has 1 aromatic rings. The second-order valence-electron chi connectivity index (χ2n) is 4.29. The molecule has 0 saturated heterocycles. The van der Waals surface area contributed by atoms with Crippen molar-refractivity contribution in [3.05, 3.63) is 17.2 Å². The van der Waals surface area contributed by atoms with Crippen LogP contribution >= 0.6 is 11.3 Å². The van der Waals surface area contributed by atoms with Gasteiger partial charge in [0.1, 0.15) is 0 Å². The summed E-state index contributed by atoms with van der Waals surface area (Å²) < 4.78 is 26.5. The molecule has 1 fully saturated rings. The van der Waals surface area contributed by atoms with Crippen molar-refractivity contribution in [1.82, 2.24) is 4.98 Å². The third-order valence-electron chi connectivity index (χ3n) is 2.88. The summed E-state index contributed by atoms with van der Waals surface area (Å²) in [7, 11) is -3.37. The highest BCUT2D eigenvalue weighted by Crippen LogP contribution is 2.27. The molecular weight excluding hydrogens is 288 g/mol. The van der Waals surface area contributed by atoms with Gasteiger partial charge in [0.2, 0.25) is 10.0 Å². The molecule has 8 heteroatoms. The van der Waals surface area contributed by atoms with E-state index < -0.39 is 16.0 Å². The molecule has 0 aliphatic heterocycles. The van der Waals surface area contributed by atoms with Crippen LogP contribution < -0.4 is 4.72 Å². The van der Waals surface area contributed by atoms with Gasteiger partial charge in [-0.2, -0.15) is 0 Å². The lowest BCUT2D eigenvalue weighted by atomic mass is 10.4. The topological polar surface area (TPSA) is 96.4 Å². The summed E-state index contributed by atoms with van der Waals surface area (Å²) in [5.74, 6) is -1.05. The summed E-state index contributed by atoms with van der Waals surface area (Å²) in [4.78, 5) is 14.9. The summed E-state index contributed by atoms with van der Waals surface area (Å²) in [6.45, 7) is 0. The Morgan fingerprint density at radius 3 is 2.79 bits per heavy atom. The third kappa shape index (κ3) is 3.77. The van der Waals surface area contributed by atoms with E-state index in [4.69, 9.17) is 5.11 Å². The number of nitrogens with zero attached hydrogens (tertiary/aromatic N) is 1. The van der Waals surface area contributed by atoms with Crippen LogP contribution in [0.25, 0.3) is 6.08 Å². The average Bonchev–Trinajstić information content (AvgIpc) is 2.96. The summed E-state index contributed by atoms with van der Waals surface area (Å²) in [5.41, 5.74) is 0. The molecule has 0 spiro atoms. The van der Waals surface area contributed by atoms with E-state index in [0.717, 1.165) is 30.3 Å². The molecule has 2 rings (SSSR count). The SMILES string of the molecule is O=C(O)/C=C/c1cnc(NS(=O)(=O)C2CCCC2)s1. The molecule has 6 nitrogen and oxygen atoms in total. The minimum atomic E-state index is -3.37. The van der Waals surface area contributed by atoms with Gasteiger partial charge >= 0.3 is 5.97 Å². The normalized spacial score (nSPS) is 17.1. The molecule has 0 unspecified atom stereocenters. The van der Waals surface area contributed by atoms with E-state index >= 15 is 0 Å². The van der Waals surface area contributed by atoms with Crippen LogP contribution in [0.15, 0.2) is 12.3 Å². The Balaban J connectivity index is 2.05. The maximum absolute atomic E-state index is 12.0. The number of aromatic nitrogens is 1. The molecule has 1 aliphatic carbocycles. The average molecular weight is 302 g/mol. The highest BCUT2D eigenvalue weighted by molar-refractivity contribution is 7.93. The van der Waals surface area contributed by atoms with Gasteiger partial charge in [0, 0.05) is 17.2 Å². The Bertz CT molecular complexity index is 586. The van der Waals surface area contributed by atoms with Gasteiger partial charge in [-0.25, -0.2) is 18.2 Å². The van der Waals surface area contributed by atoms with Crippen molar-refractivity contribution in [2.45, 2.75) is 30.9 Å². The molecular formula is C11H14N2O4S2. The van der Waals surface area contributed by atoms with Crippen LogP contribution in [-0.2, 0) is 14.8 Å². The van der Waals surface area contributed by atoms with Crippen molar-refractivity contribution in [2.24, 2.45) is 0 Å². The molecule has 0 atom stereocenters. The van der Waals surface area contributed by atoms with Crippen LogP contribution in [0.5, 0.6) is 0 Å². The summed E-state index contributed by atoms with van der Waals surface area (Å²) in [5, 5.41) is 8.43. The minimum absolute atomic E-state index is 0.275. The maximum Gasteiger partial charge on any atom is 0.328 e. The predicted molar refractivity (Wildman–Crippen MR) is 73.6 cm³/mol. The molecule has 1 aromatic heterocycles. The first-order valence-electron chi connectivity index (χ1n) is 5.86. The third-order valence-corrected chi connectivity index (χ3v) is 5.72. The van der Waals surface area contributed by atoms with Gasteiger partial charge in [0.05, 0.1) is 5.25 Å². The van der Waals surface area contributed by atoms with Crippen LogP contribution in [-0.4, -0.2) is 29.7 Å². The Kier molecular flexibility index (Phi) is 4.20. The zero-order valence-corrected chi connectivity index (χ0v) is 11.7. The van der Waals surface area contributed by atoms with Crippen molar-refractivity contribution in [3.8, 4) is 0 Å². The lowest BCUT2D eigenvalue weighted by Gasteiger charge is -2.10. The molecule has 1 saturated carbocycles. The zero-order valence-electron chi connectivity index (χ0n) is 10.1. The standard InChI is InChI=1S/C11H14N2O4S2/c14-10(15)6-5-8-7-12-11(18-8)13-19(16,17)9-3-1-2-4-9/h5-7,9H,1-4H2,(H,12,13)(H,14,15)/b6-5+. The van der Waals surface area contributed by atoms with E-state index in [1.807, 2.05) is 0 Å². The number of hydrogen-bond donors (Lipinski definition) is 2. The first kappa shape index (κ1) is 14.0.